The Hall–Kier alpha value is -1.51. The van der Waals surface area contributed by atoms with Crippen LogP contribution in [0, 0.1) is 17.6 Å². The molecule has 0 radical (unpaired) electrons. The van der Waals surface area contributed by atoms with E-state index in [-0.39, 0.29) is 18.9 Å². The Bertz CT molecular complexity index is 720. The monoisotopic (exact) mass is 409 g/mol. The first-order valence-electron chi connectivity index (χ1n) is 9.89. The van der Waals surface area contributed by atoms with Gasteiger partial charge in [0.25, 0.3) is 5.91 Å². The summed E-state index contributed by atoms with van der Waals surface area (Å²) < 4.78 is 34.0. The lowest BCUT2D eigenvalue weighted by Crippen LogP contribution is -2.46. The van der Waals surface area contributed by atoms with Gasteiger partial charge in [-0.1, -0.05) is 18.9 Å². The van der Waals surface area contributed by atoms with Crippen LogP contribution in [0.25, 0.3) is 0 Å². The number of carbonyl (C=O) groups excluding carboxylic acids is 1. The number of hydrogen-bond acceptors (Lipinski definition) is 5. The molecule has 1 amide bonds. The summed E-state index contributed by atoms with van der Waals surface area (Å²) in [5, 5.41) is 6.58. The Labute approximate surface area is 167 Å². The summed E-state index contributed by atoms with van der Waals surface area (Å²) in [5.41, 5.74) is 1.38. The molecule has 0 aromatic heterocycles. The maximum atomic E-state index is 13.8. The van der Waals surface area contributed by atoms with E-state index in [0.29, 0.717) is 17.2 Å². The number of nitrogens with zero attached hydrogens (tertiary/aromatic N) is 1. The lowest BCUT2D eigenvalue weighted by Gasteiger charge is -2.32. The molecule has 1 aliphatic carbocycles. The largest absolute Gasteiger partial charge is 0.358 e. The first-order valence-corrected chi connectivity index (χ1v) is 10.8. The van der Waals surface area contributed by atoms with Crippen LogP contribution in [0.15, 0.2) is 23.2 Å². The zero-order valence-corrected chi connectivity index (χ0v) is 16.4. The van der Waals surface area contributed by atoms with Crippen LogP contribution < -0.4 is 10.6 Å². The van der Waals surface area contributed by atoms with E-state index in [2.05, 4.69) is 15.6 Å². The first-order chi connectivity index (χ1) is 13.6. The third-order valence-electron chi connectivity index (χ3n) is 5.80. The first kappa shape index (κ1) is 19.8. The molecular formula is C20H25F2N3O2S. The Morgan fingerprint density at radius 2 is 2.07 bits per heavy atom. The van der Waals surface area contributed by atoms with Gasteiger partial charge in [0, 0.05) is 17.2 Å². The molecule has 3 aliphatic rings. The van der Waals surface area contributed by atoms with Crippen LogP contribution in [-0.2, 0) is 4.74 Å². The van der Waals surface area contributed by atoms with Crippen molar-refractivity contribution in [3.8, 4) is 0 Å². The molecule has 1 aromatic carbocycles. The number of amides is 1. The number of benzene rings is 1. The summed E-state index contributed by atoms with van der Waals surface area (Å²) in [6.07, 6.45) is 5.08. The Kier molecular flexibility index (Phi) is 6.28. The van der Waals surface area contributed by atoms with Gasteiger partial charge in [-0.3, -0.25) is 15.1 Å². The number of nitrogens with one attached hydrogen (secondary N) is 2. The van der Waals surface area contributed by atoms with Crippen molar-refractivity contribution in [3.05, 3.63) is 35.4 Å². The molecule has 5 unspecified atom stereocenters. The van der Waals surface area contributed by atoms with Crippen molar-refractivity contribution in [2.75, 3.05) is 13.1 Å². The molecule has 5 nitrogen and oxygen atoms in total. The average molecular weight is 410 g/mol. The zero-order chi connectivity index (χ0) is 19.5. The molecule has 2 bridgehead atoms. The van der Waals surface area contributed by atoms with E-state index < -0.39 is 23.1 Å². The van der Waals surface area contributed by atoms with Gasteiger partial charge in [-0.2, -0.15) is 0 Å². The molecule has 1 aromatic rings. The summed E-state index contributed by atoms with van der Waals surface area (Å²) >= 11 is 1.78. The van der Waals surface area contributed by atoms with Gasteiger partial charge in [-0.25, -0.2) is 8.78 Å². The second-order valence-electron chi connectivity index (χ2n) is 7.66. The molecule has 8 heteroatoms. The van der Waals surface area contributed by atoms with Crippen molar-refractivity contribution in [1.29, 1.82) is 0 Å². The summed E-state index contributed by atoms with van der Waals surface area (Å²) in [6.45, 7) is 0.997. The van der Waals surface area contributed by atoms with E-state index in [4.69, 9.17) is 4.74 Å². The van der Waals surface area contributed by atoms with Crippen LogP contribution in [0.2, 0.25) is 0 Å². The lowest BCUT2D eigenvalue weighted by molar-refractivity contribution is -0.0440. The fraction of sp³-hybridized carbons (Fsp3) is 0.600. The van der Waals surface area contributed by atoms with Crippen LogP contribution in [0.1, 0.15) is 42.5 Å². The minimum absolute atomic E-state index is 0.101. The summed E-state index contributed by atoms with van der Waals surface area (Å²) in [5.74, 6) is -2.07. The number of ether oxygens (including phenoxy) is 1. The van der Waals surface area contributed by atoms with Crippen molar-refractivity contribution in [2.45, 2.75) is 55.7 Å². The molecule has 2 heterocycles. The maximum absolute atomic E-state index is 13.8. The van der Waals surface area contributed by atoms with E-state index >= 15 is 0 Å². The highest BCUT2D eigenvalue weighted by Gasteiger charge is 2.39. The van der Waals surface area contributed by atoms with Crippen LogP contribution in [-0.4, -0.2) is 48.2 Å². The van der Waals surface area contributed by atoms with Gasteiger partial charge in [0.2, 0.25) is 0 Å². The van der Waals surface area contributed by atoms with E-state index in [9.17, 15) is 13.6 Å². The number of fused-ring (bicyclic) bond motifs is 3. The topological polar surface area (TPSA) is 62.7 Å². The van der Waals surface area contributed by atoms with Crippen molar-refractivity contribution in [3.63, 3.8) is 0 Å². The molecule has 2 N–H and O–H groups in total. The van der Waals surface area contributed by atoms with Gasteiger partial charge in [0.1, 0.15) is 23.4 Å². The molecular weight excluding hydrogens is 384 g/mol. The van der Waals surface area contributed by atoms with Crippen molar-refractivity contribution >= 4 is 23.2 Å². The van der Waals surface area contributed by atoms with Crippen LogP contribution in [0.5, 0.6) is 0 Å². The molecule has 2 fully saturated rings. The van der Waals surface area contributed by atoms with Gasteiger partial charge in [-0.15, -0.1) is 11.8 Å². The molecule has 5 atom stereocenters. The number of carbonyl (C=O) groups is 1. The van der Waals surface area contributed by atoms with E-state index in [0.717, 1.165) is 50.8 Å². The smallest absolute Gasteiger partial charge is 0.257 e. The lowest BCUT2D eigenvalue weighted by atomic mass is 9.84. The predicted molar refractivity (Wildman–Crippen MR) is 106 cm³/mol. The number of hydrogen-bond donors (Lipinski definition) is 2. The highest BCUT2D eigenvalue weighted by Crippen LogP contribution is 2.37. The molecule has 1 saturated heterocycles. The molecule has 2 aliphatic heterocycles. The number of rotatable bonds is 4. The van der Waals surface area contributed by atoms with E-state index in [1.807, 2.05) is 5.55 Å². The molecule has 152 valence electrons. The van der Waals surface area contributed by atoms with Gasteiger partial charge in [0.05, 0.1) is 24.7 Å². The van der Waals surface area contributed by atoms with Crippen molar-refractivity contribution in [2.24, 2.45) is 10.9 Å². The third kappa shape index (κ3) is 4.39. The second kappa shape index (κ2) is 8.88. The molecule has 28 heavy (non-hydrogen) atoms. The highest BCUT2D eigenvalue weighted by molar-refractivity contribution is 8.12. The fourth-order valence-electron chi connectivity index (χ4n) is 4.42. The van der Waals surface area contributed by atoms with E-state index in [1.54, 1.807) is 11.8 Å². The molecule has 4 rings (SSSR count). The molecule has 1 saturated carbocycles. The van der Waals surface area contributed by atoms with Gasteiger partial charge >= 0.3 is 0 Å². The van der Waals surface area contributed by atoms with Crippen LogP contribution in [0.3, 0.4) is 0 Å². The summed E-state index contributed by atoms with van der Waals surface area (Å²) in [7, 11) is 0. The summed E-state index contributed by atoms with van der Waals surface area (Å²) in [6, 6.07) is 3.72. The highest BCUT2D eigenvalue weighted by atomic mass is 32.2. The summed E-state index contributed by atoms with van der Waals surface area (Å²) in [4.78, 5) is 16.7. The predicted octanol–water partition coefficient (Wildman–Crippen LogP) is 3.10. The normalized spacial score (nSPS) is 32.6. The third-order valence-corrected chi connectivity index (χ3v) is 6.92. The van der Waals surface area contributed by atoms with E-state index in [1.165, 1.54) is 6.07 Å². The molecule has 0 spiro atoms. The standard InChI is InChI=1S/C20H25F2N3O2S/c21-14-5-3-6-15(22)19(14)20(26)24-10-18-25-12-4-1-2-7-16(27-18)13(8-12)17-9-23-11-28-17/h3,5-6,11-13,16-18,25H,1-2,4,7-10H2,(H,24,26). The number of thioether (sulfide) groups is 1. The zero-order valence-electron chi connectivity index (χ0n) is 15.6. The van der Waals surface area contributed by atoms with Gasteiger partial charge < -0.3 is 10.1 Å². The fourth-order valence-corrected chi connectivity index (χ4v) is 5.41. The van der Waals surface area contributed by atoms with Gasteiger partial charge in [0.15, 0.2) is 0 Å². The minimum Gasteiger partial charge on any atom is -0.358 e. The minimum atomic E-state index is -0.862. The maximum Gasteiger partial charge on any atom is 0.257 e. The SMILES string of the molecule is O=C(NCC1NC2CCCCC(O1)C(C1CN=CS1)C2)c1c(F)cccc1F. The quantitative estimate of drug-likeness (QED) is 0.802. The second-order valence-corrected chi connectivity index (χ2v) is 8.75. The van der Waals surface area contributed by atoms with Crippen molar-refractivity contribution in [1.82, 2.24) is 10.6 Å². The number of aliphatic imine (C=N–C) groups is 1. The van der Waals surface area contributed by atoms with Crippen LogP contribution in [0.4, 0.5) is 8.78 Å². The van der Waals surface area contributed by atoms with Gasteiger partial charge in [-0.05, 0) is 31.4 Å². The average Bonchev–Trinajstić information content (AvgIpc) is 3.15. The van der Waals surface area contributed by atoms with Crippen molar-refractivity contribution < 1.29 is 18.3 Å². The number of halogens is 2. The Morgan fingerprint density at radius 1 is 1.29 bits per heavy atom. The Morgan fingerprint density at radius 3 is 2.82 bits per heavy atom. The Balaban J connectivity index is 1.43. The van der Waals surface area contributed by atoms with Crippen LogP contribution >= 0.6 is 11.8 Å².